The van der Waals surface area contributed by atoms with Gasteiger partial charge >= 0.3 is 0 Å². The summed E-state index contributed by atoms with van der Waals surface area (Å²) in [6.07, 6.45) is 3.28. The van der Waals surface area contributed by atoms with Crippen molar-refractivity contribution in [2.75, 3.05) is 12.4 Å². The number of aromatic amines is 1. The summed E-state index contributed by atoms with van der Waals surface area (Å²) in [5, 5.41) is 9.70. The van der Waals surface area contributed by atoms with E-state index < -0.39 is 0 Å². The van der Waals surface area contributed by atoms with E-state index in [0.717, 1.165) is 18.5 Å². The molecule has 0 spiro atoms. The highest BCUT2D eigenvalue weighted by Gasteiger charge is 2.08. The third-order valence-electron chi connectivity index (χ3n) is 2.60. The topological polar surface area (TPSA) is 67.0 Å². The first-order chi connectivity index (χ1) is 8.15. The molecule has 0 aliphatic carbocycles. The van der Waals surface area contributed by atoms with Crippen molar-refractivity contribution in [2.24, 2.45) is 0 Å². The van der Waals surface area contributed by atoms with Gasteiger partial charge in [-0.1, -0.05) is 13.3 Å². The van der Waals surface area contributed by atoms with Crippen LogP contribution in [0.5, 0.6) is 0 Å². The zero-order chi connectivity index (χ0) is 12.7. The number of nitrogens with zero attached hydrogens (tertiary/aromatic N) is 1. The van der Waals surface area contributed by atoms with Crippen LogP contribution in [0.15, 0.2) is 6.07 Å². The summed E-state index contributed by atoms with van der Waals surface area (Å²) in [4.78, 5) is 11.6. The molecule has 1 amide bonds. The summed E-state index contributed by atoms with van der Waals surface area (Å²) in [5.74, 6) is 0.576. The molecule has 0 bridgehead atoms. The zero-order valence-electron chi connectivity index (χ0n) is 10.7. The Hall–Kier alpha value is -1.36. The number of carbonyl (C=O) groups excluding carboxylic acids is 1. The van der Waals surface area contributed by atoms with Crippen LogP contribution in [0.3, 0.4) is 0 Å². The van der Waals surface area contributed by atoms with Gasteiger partial charge in [0.05, 0.1) is 6.10 Å². The predicted molar refractivity (Wildman–Crippen MR) is 66.9 cm³/mol. The largest absolute Gasteiger partial charge is 0.382 e. The van der Waals surface area contributed by atoms with Gasteiger partial charge in [-0.3, -0.25) is 9.89 Å². The fourth-order valence-corrected chi connectivity index (χ4v) is 1.48. The first kappa shape index (κ1) is 13.7. The van der Waals surface area contributed by atoms with Crippen LogP contribution >= 0.6 is 0 Å². The number of hydrogen-bond donors (Lipinski definition) is 2. The maximum absolute atomic E-state index is 11.6. The van der Waals surface area contributed by atoms with Crippen LogP contribution in [-0.2, 0) is 16.0 Å². The van der Waals surface area contributed by atoms with Crippen LogP contribution in [0.4, 0.5) is 5.82 Å². The zero-order valence-corrected chi connectivity index (χ0v) is 10.7. The summed E-state index contributed by atoms with van der Waals surface area (Å²) in [5.41, 5.74) is 1.05. The minimum Gasteiger partial charge on any atom is -0.382 e. The van der Waals surface area contributed by atoms with Gasteiger partial charge in [0.2, 0.25) is 5.91 Å². The van der Waals surface area contributed by atoms with Crippen molar-refractivity contribution < 1.29 is 9.53 Å². The second kappa shape index (κ2) is 7.06. The van der Waals surface area contributed by atoms with Crippen LogP contribution in [0.2, 0.25) is 0 Å². The van der Waals surface area contributed by atoms with Crippen molar-refractivity contribution >= 4 is 11.7 Å². The number of hydrogen-bond acceptors (Lipinski definition) is 3. The molecule has 1 rings (SSSR count). The Morgan fingerprint density at radius 3 is 3.06 bits per heavy atom. The minimum absolute atomic E-state index is 0.0246. The van der Waals surface area contributed by atoms with E-state index in [0.29, 0.717) is 18.7 Å². The lowest BCUT2D eigenvalue weighted by atomic mass is 10.2. The lowest BCUT2D eigenvalue weighted by Crippen LogP contribution is -2.15. The van der Waals surface area contributed by atoms with Crippen molar-refractivity contribution in [3.63, 3.8) is 0 Å². The van der Waals surface area contributed by atoms with E-state index in [1.54, 1.807) is 7.11 Å². The van der Waals surface area contributed by atoms with Gasteiger partial charge in [0.15, 0.2) is 5.82 Å². The number of nitrogens with one attached hydrogen (secondary N) is 2. The number of carbonyl (C=O) groups is 1. The van der Waals surface area contributed by atoms with Crippen LogP contribution in [-0.4, -0.2) is 29.3 Å². The summed E-state index contributed by atoms with van der Waals surface area (Å²) in [7, 11) is 1.65. The van der Waals surface area contributed by atoms with Crippen LogP contribution < -0.4 is 5.32 Å². The first-order valence-electron chi connectivity index (χ1n) is 6.02. The summed E-state index contributed by atoms with van der Waals surface area (Å²) < 4.78 is 5.09. The molecule has 0 aliphatic heterocycles. The molecule has 0 saturated heterocycles. The Morgan fingerprint density at radius 1 is 1.65 bits per heavy atom. The molecular weight excluding hydrogens is 218 g/mol. The van der Waals surface area contributed by atoms with Gasteiger partial charge in [0.25, 0.3) is 0 Å². The van der Waals surface area contributed by atoms with Gasteiger partial charge in [-0.15, -0.1) is 0 Å². The number of aryl methyl sites for hydroxylation is 1. The molecule has 1 atom stereocenters. The second-order valence-electron chi connectivity index (χ2n) is 4.16. The molecule has 0 fully saturated rings. The lowest BCUT2D eigenvalue weighted by Gasteiger charge is -2.07. The van der Waals surface area contributed by atoms with Crippen molar-refractivity contribution in [3.05, 3.63) is 11.8 Å². The van der Waals surface area contributed by atoms with Crippen molar-refractivity contribution in [3.8, 4) is 0 Å². The smallest absolute Gasteiger partial charge is 0.225 e. The van der Waals surface area contributed by atoms with Gasteiger partial charge < -0.3 is 10.1 Å². The van der Waals surface area contributed by atoms with Gasteiger partial charge in [0.1, 0.15) is 0 Å². The molecule has 1 unspecified atom stereocenters. The van der Waals surface area contributed by atoms with E-state index >= 15 is 0 Å². The fraction of sp³-hybridized carbons (Fsp3) is 0.667. The highest BCUT2D eigenvalue weighted by atomic mass is 16.5. The highest BCUT2D eigenvalue weighted by Crippen LogP contribution is 2.08. The predicted octanol–water partition coefficient (Wildman–Crippen LogP) is 2.12. The Bertz CT molecular complexity index is 349. The maximum atomic E-state index is 11.6. The quantitative estimate of drug-likeness (QED) is 0.765. The number of amides is 1. The fourth-order valence-electron chi connectivity index (χ4n) is 1.48. The molecule has 1 aromatic rings. The van der Waals surface area contributed by atoms with Crippen molar-refractivity contribution in [1.82, 2.24) is 10.2 Å². The van der Waals surface area contributed by atoms with E-state index in [9.17, 15) is 4.79 Å². The van der Waals surface area contributed by atoms with Gasteiger partial charge in [0, 0.05) is 25.3 Å². The van der Waals surface area contributed by atoms with Crippen molar-refractivity contribution in [1.29, 1.82) is 0 Å². The van der Waals surface area contributed by atoms with E-state index in [4.69, 9.17) is 4.74 Å². The average Bonchev–Trinajstić information content (AvgIpc) is 2.74. The number of ether oxygens (including phenoxy) is 1. The van der Waals surface area contributed by atoms with E-state index in [1.165, 1.54) is 0 Å². The monoisotopic (exact) mass is 239 g/mol. The van der Waals surface area contributed by atoms with E-state index in [1.807, 2.05) is 13.0 Å². The second-order valence-corrected chi connectivity index (χ2v) is 4.16. The van der Waals surface area contributed by atoms with Crippen LogP contribution in [0, 0.1) is 0 Å². The summed E-state index contributed by atoms with van der Waals surface area (Å²) in [6, 6.07) is 1.88. The van der Waals surface area contributed by atoms with Gasteiger partial charge in [-0.05, 0) is 19.8 Å². The molecule has 0 radical (unpaired) electrons. The molecule has 0 aliphatic rings. The standard InChI is InChI=1S/C12H21N3O2/c1-4-5-10-8-11(15-14-10)13-12(16)7-6-9(2)17-3/h8-9H,4-7H2,1-3H3,(H2,13,14,15,16). The molecule has 17 heavy (non-hydrogen) atoms. The molecular formula is C12H21N3O2. The molecule has 0 aromatic carbocycles. The Morgan fingerprint density at radius 2 is 2.41 bits per heavy atom. The summed E-state index contributed by atoms with van der Waals surface area (Å²) >= 11 is 0. The highest BCUT2D eigenvalue weighted by molar-refractivity contribution is 5.89. The SMILES string of the molecule is CCCc1cc(NC(=O)CCC(C)OC)n[nH]1. The number of anilines is 1. The molecule has 5 heteroatoms. The first-order valence-corrected chi connectivity index (χ1v) is 6.02. The van der Waals surface area contributed by atoms with Crippen molar-refractivity contribution in [2.45, 2.75) is 45.6 Å². The Kier molecular flexibility index (Phi) is 5.69. The number of methoxy groups -OCH3 is 1. The normalized spacial score (nSPS) is 12.4. The molecule has 0 saturated carbocycles. The Labute approximate surface area is 102 Å². The maximum Gasteiger partial charge on any atom is 0.225 e. The lowest BCUT2D eigenvalue weighted by molar-refractivity contribution is -0.116. The van der Waals surface area contributed by atoms with E-state index in [-0.39, 0.29) is 12.0 Å². The number of aromatic nitrogens is 2. The van der Waals surface area contributed by atoms with Gasteiger partial charge in [-0.25, -0.2) is 0 Å². The molecule has 2 N–H and O–H groups in total. The molecule has 1 aromatic heterocycles. The number of H-pyrrole nitrogens is 1. The molecule has 96 valence electrons. The molecule has 5 nitrogen and oxygen atoms in total. The summed E-state index contributed by atoms with van der Waals surface area (Å²) in [6.45, 7) is 4.05. The third-order valence-corrected chi connectivity index (χ3v) is 2.60. The minimum atomic E-state index is -0.0246. The van der Waals surface area contributed by atoms with Gasteiger partial charge in [-0.2, -0.15) is 5.10 Å². The van der Waals surface area contributed by atoms with Crippen LogP contribution in [0.25, 0.3) is 0 Å². The Balaban J connectivity index is 2.34. The number of rotatable bonds is 7. The average molecular weight is 239 g/mol. The third kappa shape index (κ3) is 4.99. The van der Waals surface area contributed by atoms with E-state index in [2.05, 4.69) is 22.4 Å². The van der Waals surface area contributed by atoms with Crippen LogP contribution in [0.1, 0.15) is 38.8 Å². The molecule has 1 heterocycles.